The predicted molar refractivity (Wildman–Crippen MR) is 94.7 cm³/mol. The highest BCUT2D eigenvalue weighted by molar-refractivity contribution is 7.89. The Bertz CT molecular complexity index is 932. The van der Waals surface area contributed by atoms with Gasteiger partial charge in [-0.15, -0.1) is 0 Å². The van der Waals surface area contributed by atoms with Gasteiger partial charge in [-0.2, -0.15) is 17.5 Å². The summed E-state index contributed by atoms with van der Waals surface area (Å²) in [5, 5.41) is -0.210. The van der Waals surface area contributed by atoms with E-state index in [0.717, 1.165) is 16.4 Å². The number of benzene rings is 2. The largest absolute Gasteiger partial charge is 0.493 e. The van der Waals surface area contributed by atoms with Gasteiger partial charge in [0.05, 0.1) is 24.7 Å². The van der Waals surface area contributed by atoms with E-state index in [9.17, 15) is 21.6 Å². The predicted octanol–water partition coefficient (Wildman–Crippen LogP) is 4.20. The Morgan fingerprint density at radius 3 is 2.33 bits per heavy atom. The van der Waals surface area contributed by atoms with E-state index in [0.29, 0.717) is 23.1 Å². The summed E-state index contributed by atoms with van der Waals surface area (Å²) in [6.45, 7) is -0.220. The molecule has 0 saturated heterocycles. The van der Waals surface area contributed by atoms with E-state index in [4.69, 9.17) is 21.1 Å². The summed E-state index contributed by atoms with van der Waals surface area (Å²) in [4.78, 5) is -0.872. The van der Waals surface area contributed by atoms with Gasteiger partial charge in [0.2, 0.25) is 10.0 Å². The lowest BCUT2D eigenvalue weighted by Gasteiger charge is -2.22. The molecule has 27 heavy (non-hydrogen) atoms. The molecular formula is C17H17ClF3NO4S. The molecule has 0 N–H and O–H groups in total. The fourth-order valence-corrected chi connectivity index (χ4v) is 4.03. The van der Waals surface area contributed by atoms with Crippen LogP contribution in [0.25, 0.3) is 0 Å². The van der Waals surface area contributed by atoms with Crippen LogP contribution >= 0.6 is 11.6 Å². The lowest BCUT2D eigenvalue weighted by molar-refractivity contribution is -0.139. The standard InChI is InChI=1S/C17H17ClF3NO4S/c1-22(10-11-5-4-6-14(25-2)16(11)26-3)27(23,24)15-8-7-12(18)9-13(15)17(19,20)21/h4-9H,10H2,1-3H3. The number of alkyl halides is 3. The lowest BCUT2D eigenvalue weighted by atomic mass is 10.2. The summed E-state index contributed by atoms with van der Waals surface area (Å²) in [6.07, 6.45) is -4.87. The van der Waals surface area contributed by atoms with Crippen molar-refractivity contribution in [3.8, 4) is 11.5 Å². The second-order valence-electron chi connectivity index (χ2n) is 5.55. The van der Waals surface area contributed by atoms with Gasteiger partial charge in [0.1, 0.15) is 0 Å². The number of nitrogens with zero attached hydrogens (tertiary/aromatic N) is 1. The Kier molecular flexibility index (Phi) is 6.28. The van der Waals surface area contributed by atoms with E-state index in [2.05, 4.69) is 0 Å². The minimum atomic E-state index is -4.87. The van der Waals surface area contributed by atoms with Crippen molar-refractivity contribution >= 4 is 21.6 Å². The van der Waals surface area contributed by atoms with Crippen LogP contribution in [0.1, 0.15) is 11.1 Å². The van der Waals surface area contributed by atoms with Crippen LogP contribution in [0.15, 0.2) is 41.3 Å². The fourth-order valence-electron chi connectivity index (χ4n) is 2.52. The molecule has 0 aliphatic carbocycles. The maximum Gasteiger partial charge on any atom is 0.417 e. The number of hydrogen-bond acceptors (Lipinski definition) is 4. The normalized spacial score (nSPS) is 12.3. The molecule has 0 fully saturated rings. The molecule has 0 aliphatic heterocycles. The van der Waals surface area contributed by atoms with Crippen molar-refractivity contribution in [2.45, 2.75) is 17.6 Å². The van der Waals surface area contributed by atoms with Gasteiger partial charge < -0.3 is 9.47 Å². The molecule has 10 heteroatoms. The quantitative estimate of drug-likeness (QED) is 0.699. The minimum absolute atomic E-state index is 0.210. The monoisotopic (exact) mass is 423 g/mol. The highest BCUT2D eigenvalue weighted by Crippen LogP contribution is 2.38. The molecule has 0 aromatic heterocycles. The number of sulfonamides is 1. The average Bonchev–Trinajstić information content (AvgIpc) is 2.60. The summed E-state index contributed by atoms with van der Waals surface area (Å²) in [5.41, 5.74) is -0.884. The van der Waals surface area contributed by atoms with Gasteiger partial charge >= 0.3 is 6.18 Å². The maximum absolute atomic E-state index is 13.3. The van der Waals surface area contributed by atoms with E-state index in [1.807, 2.05) is 0 Å². The van der Waals surface area contributed by atoms with Crippen LogP contribution in [0, 0.1) is 0 Å². The Morgan fingerprint density at radius 1 is 1.11 bits per heavy atom. The van der Waals surface area contributed by atoms with Crippen LogP contribution < -0.4 is 9.47 Å². The number of rotatable bonds is 6. The Morgan fingerprint density at radius 2 is 1.78 bits per heavy atom. The molecule has 0 spiro atoms. The third kappa shape index (κ3) is 4.48. The first-order valence-electron chi connectivity index (χ1n) is 7.55. The van der Waals surface area contributed by atoms with Crippen LogP contribution in [-0.4, -0.2) is 34.0 Å². The zero-order chi connectivity index (χ0) is 20.4. The van der Waals surface area contributed by atoms with E-state index in [1.54, 1.807) is 18.2 Å². The van der Waals surface area contributed by atoms with Crippen LogP contribution in [0.3, 0.4) is 0 Å². The van der Waals surface area contributed by atoms with Gasteiger partial charge in [-0.25, -0.2) is 8.42 Å². The van der Waals surface area contributed by atoms with Crippen molar-refractivity contribution in [2.24, 2.45) is 0 Å². The van der Waals surface area contributed by atoms with Gasteiger partial charge in [-0.3, -0.25) is 0 Å². The lowest BCUT2D eigenvalue weighted by Crippen LogP contribution is -2.28. The van der Waals surface area contributed by atoms with Gasteiger partial charge in [-0.05, 0) is 24.3 Å². The molecule has 2 rings (SSSR count). The second-order valence-corrected chi connectivity index (χ2v) is 8.00. The van der Waals surface area contributed by atoms with Crippen molar-refractivity contribution in [2.75, 3.05) is 21.3 Å². The smallest absolute Gasteiger partial charge is 0.417 e. The van der Waals surface area contributed by atoms with Crippen LogP contribution in [-0.2, 0) is 22.7 Å². The molecule has 0 atom stereocenters. The van der Waals surface area contributed by atoms with E-state index in [1.165, 1.54) is 21.3 Å². The van der Waals surface area contributed by atoms with Crippen molar-refractivity contribution in [1.82, 2.24) is 4.31 Å². The summed E-state index contributed by atoms with van der Waals surface area (Å²) < 4.78 is 76.6. The molecular weight excluding hydrogens is 407 g/mol. The molecule has 5 nitrogen and oxygen atoms in total. The topological polar surface area (TPSA) is 55.8 Å². The van der Waals surface area contributed by atoms with Crippen molar-refractivity contribution in [3.05, 3.63) is 52.5 Å². The molecule has 0 unspecified atom stereocenters. The molecule has 0 radical (unpaired) electrons. The minimum Gasteiger partial charge on any atom is -0.493 e. The third-order valence-electron chi connectivity index (χ3n) is 3.81. The molecule has 2 aromatic rings. The zero-order valence-electron chi connectivity index (χ0n) is 14.7. The van der Waals surface area contributed by atoms with Crippen molar-refractivity contribution < 1.29 is 31.1 Å². The van der Waals surface area contributed by atoms with Gasteiger partial charge in [0, 0.05) is 24.2 Å². The summed E-state index contributed by atoms with van der Waals surface area (Å²) in [6, 6.07) is 7.39. The van der Waals surface area contributed by atoms with Gasteiger partial charge in [-0.1, -0.05) is 23.7 Å². The Hall–Kier alpha value is -1.97. The molecule has 0 amide bonds. The van der Waals surface area contributed by atoms with E-state index >= 15 is 0 Å². The zero-order valence-corrected chi connectivity index (χ0v) is 16.2. The molecule has 0 heterocycles. The second kappa shape index (κ2) is 7.95. The molecule has 0 aliphatic rings. The van der Waals surface area contributed by atoms with Crippen molar-refractivity contribution in [1.29, 1.82) is 0 Å². The summed E-state index contributed by atoms with van der Waals surface area (Å²) in [7, 11) is -0.463. The third-order valence-corrected chi connectivity index (χ3v) is 5.91. The number of halogens is 4. The number of methoxy groups -OCH3 is 2. The van der Waals surface area contributed by atoms with E-state index < -0.39 is 26.7 Å². The van der Waals surface area contributed by atoms with Crippen LogP contribution in [0.2, 0.25) is 5.02 Å². The number of ether oxygens (including phenoxy) is 2. The van der Waals surface area contributed by atoms with Gasteiger partial charge in [0.15, 0.2) is 11.5 Å². The van der Waals surface area contributed by atoms with Crippen LogP contribution in [0.4, 0.5) is 13.2 Å². The molecule has 148 valence electrons. The van der Waals surface area contributed by atoms with Gasteiger partial charge in [0.25, 0.3) is 0 Å². The Labute approximate surface area is 160 Å². The maximum atomic E-state index is 13.3. The average molecular weight is 424 g/mol. The van der Waals surface area contributed by atoms with Crippen LogP contribution in [0.5, 0.6) is 11.5 Å². The highest BCUT2D eigenvalue weighted by atomic mass is 35.5. The SMILES string of the molecule is COc1cccc(CN(C)S(=O)(=O)c2ccc(Cl)cc2C(F)(F)F)c1OC. The first-order chi connectivity index (χ1) is 12.5. The molecule has 0 bridgehead atoms. The number of hydrogen-bond donors (Lipinski definition) is 0. The highest BCUT2D eigenvalue weighted by Gasteiger charge is 2.38. The summed E-state index contributed by atoms with van der Waals surface area (Å²) >= 11 is 5.62. The fraction of sp³-hybridized carbons (Fsp3) is 0.294. The first-order valence-corrected chi connectivity index (χ1v) is 9.37. The summed E-state index contributed by atoms with van der Waals surface area (Å²) in [5.74, 6) is 0.678. The Balaban J connectivity index is 2.48. The molecule has 0 saturated carbocycles. The number of para-hydroxylation sites is 1. The van der Waals surface area contributed by atoms with E-state index in [-0.39, 0.29) is 11.6 Å². The first kappa shape index (κ1) is 21.3. The van der Waals surface area contributed by atoms with Crippen molar-refractivity contribution in [3.63, 3.8) is 0 Å². The molecule has 2 aromatic carbocycles.